The van der Waals surface area contributed by atoms with E-state index in [0.717, 1.165) is 6.07 Å². The monoisotopic (exact) mass is 285 g/mol. The Hall–Kier alpha value is -1.62. The van der Waals surface area contributed by atoms with Crippen molar-refractivity contribution in [1.82, 2.24) is 5.32 Å². The van der Waals surface area contributed by atoms with Crippen LogP contribution in [-0.4, -0.2) is 23.0 Å². The fourth-order valence-corrected chi connectivity index (χ4v) is 2.43. The molecular formula is C13H13ClFNO3. The van der Waals surface area contributed by atoms with E-state index in [2.05, 4.69) is 5.32 Å². The molecule has 1 fully saturated rings. The van der Waals surface area contributed by atoms with Gasteiger partial charge in [-0.2, -0.15) is 0 Å². The van der Waals surface area contributed by atoms with E-state index in [4.69, 9.17) is 16.7 Å². The first-order chi connectivity index (χ1) is 8.97. The highest BCUT2D eigenvalue weighted by molar-refractivity contribution is 6.30. The molecule has 19 heavy (non-hydrogen) atoms. The van der Waals surface area contributed by atoms with Crippen LogP contribution in [0.4, 0.5) is 4.39 Å². The Bertz CT molecular complexity index is 521. The fourth-order valence-electron chi connectivity index (χ4n) is 2.27. The highest BCUT2D eigenvalue weighted by Crippen LogP contribution is 2.26. The smallest absolute Gasteiger partial charge is 0.306 e. The summed E-state index contributed by atoms with van der Waals surface area (Å²) in [5.41, 5.74) is -0.0804. The van der Waals surface area contributed by atoms with E-state index < -0.39 is 23.6 Å². The number of carbonyl (C=O) groups excluding carboxylic acids is 1. The van der Waals surface area contributed by atoms with Gasteiger partial charge in [-0.3, -0.25) is 9.59 Å². The number of carbonyl (C=O) groups is 2. The second kappa shape index (κ2) is 5.57. The molecule has 1 saturated carbocycles. The van der Waals surface area contributed by atoms with Crippen LogP contribution in [-0.2, 0) is 4.79 Å². The maximum absolute atomic E-state index is 13.5. The molecule has 0 aliphatic heterocycles. The number of carboxylic acids is 1. The highest BCUT2D eigenvalue weighted by Gasteiger charge is 2.31. The number of rotatable bonds is 3. The predicted molar refractivity (Wildman–Crippen MR) is 67.6 cm³/mol. The van der Waals surface area contributed by atoms with Gasteiger partial charge in [-0.1, -0.05) is 11.6 Å². The number of benzene rings is 1. The van der Waals surface area contributed by atoms with Crippen LogP contribution in [0.5, 0.6) is 0 Å². The maximum Gasteiger partial charge on any atom is 0.306 e. The standard InChI is InChI=1S/C13H13ClFNO3/c14-8-2-4-10(11(15)6-8)12(17)16-9-3-1-7(5-9)13(18)19/h2,4,6-7,9H,1,3,5H2,(H,16,17)(H,18,19). The van der Waals surface area contributed by atoms with Crippen molar-refractivity contribution in [2.75, 3.05) is 0 Å². The zero-order valence-electron chi connectivity index (χ0n) is 10.0. The number of halogens is 2. The summed E-state index contributed by atoms with van der Waals surface area (Å²) in [5, 5.41) is 11.7. The molecular weight excluding hydrogens is 273 g/mol. The van der Waals surface area contributed by atoms with Crippen LogP contribution >= 0.6 is 11.6 Å². The van der Waals surface area contributed by atoms with E-state index in [9.17, 15) is 14.0 Å². The van der Waals surface area contributed by atoms with Crippen LogP contribution in [0.3, 0.4) is 0 Å². The molecule has 2 rings (SSSR count). The van der Waals surface area contributed by atoms with Crippen LogP contribution in [0.25, 0.3) is 0 Å². The minimum absolute atomic E-state index is 0.0804. The van der Waals surface area contributed by atoms with Gasteiger partial charge in [-0.25, -0.2) is 4.39 Å². The minimum Gasteiger partial charge on any atom is -0.481 e. The zero-order chi connectivity index (χ0) is 14.0. The Balaban J connectivity index is 2.00. The van der Waals surface area contributed by atoms with Gasteiger partial charge in [0.2, 0.25) is 0 Å². The Morgan fingerprint density at radius 1 is 1.37 bits per heavy atom. The molecule has 0 saturated heterocycles. The van der Waals surface area contributed by atoms with Crippen molar-refractivity contribution >= 4 is 23.5 Å². The van der Waals surface area contributed by atoms with Gasteiger partial charge in [0.05, 0.1) is 11.5 Å². The molecule has 2 unspecified atom stereocenters. The van der Waals surface area contributed by atoms with Crippen molar-refractivity contribution in [3.63, 3.8) is 0 Å². The van der Waals surface area contributed by atoms with Crippen molar-refractivity contribution in [3.05, 3.63) is 34.6 Å². The first-order valence-electron chi connectivity index (χ1n) is 5.96. The molecule has 102 valence electrons. The maximum atomic E-state index is 13.5. The minimum atomic E-state index is -0.852. The molecule has 1 aromatic carbocycles. The number of carboxylic acid groups (broad SMARTS) is 1. The van der Waals surface area contributed by atoms with E-state index >= 15 is 0 Å². The van der Waals surface area contributed by atoms with Crippen molar-refractivity contribution in [2.24, 2.45) is 5.92 Å². The molecule has 0 bridgehead atoms. The summed E-state index contributed by atoms with van der Waals surface area (Å²) < 4.78 is 13.5. The third-order valence-corrected chi connectivity index (χ3v) is 3.53. The third kappa shape index (κ3) is 3.23. The lowest BCUT2D eigenvalue weighted by molar-refractivity contribution is -0.141. The van der Waals surface area contributed by atoms with Gasteiger partial charge < -0.3 is 10.4 Å². The molecule has 0 radical (unpaired) electrons. The largest absolute Gasteiger partial charge is 0.481 e. The molecule has 2 atom stereocenters. The number of aliphatic carboxylic acids is 1. The average molecular weight is 286 g/mol. The first-order valence-corrected chi connectivity index (χ1v) is 6.34. The summed E-state index contributed by atoms with van der Waals surface area (Å²) >= 11 is 5.61. The molecule has 1 aromatic rings. The van der Waals surface area contributed by atoms with Gasteiger partial charge in [-0.15, -0.1) is 0 Å². The first kappa shape index (κ1) is 13.8. The van der Waals surface area contributed by atoms with Crippen LogP contribution in [0.2, 0.25) is 5.02 Å². The second-order valence-corrected chi connectivity index (χ2v) is 5.08. The molecule has 1 aliphatic rings. The van der Waals surface area contributed by atoms with Gasteiger partial charge >= 0.3 is 5.97 Å². The Kier molecular flexibility index (Phi) is 4.04. The van der Waals surface area contributed by atoms with E-state index in [1.54, 1.807) is 0 Å². The molecule has 0 aromatic heterocycles. The van der Waals surface area contributed by atoms with Crippen molar-refractivity contribution in [1.29, 1.82) is 0 Å². The van der Waals surface area contributed by atoms with Crippen LogP contribution < -0.4 is 5.32 Å². The number of hydrogen-bond donors (Lipinski definition) is 2. The normalized spacial score (nSPS) is 22.2. The van der Waals surface area contributed by atoms with E-state index in [0.29, 0.717) is 19.3 Å². The summed E-state index contributed by atoms with van der Waals surface area (Å²) in [6.45, 7) is 0. The third-order valence-electron chi connectivity index (χ3n) is 3.29. The molecule has 1 amide bonds. The van der Waals surface area contributed by atoms with E-state index in [1.807, 2.05) is 0 Å². The van der Waals surface area contributed by atoms with Crippen molar-refractivity contribution in [3.8, 4) is 0 Å². The van der Waals surface area contributed by atoms with Gasteiger partial charge in [0, 0.05) is 11.1 Å². The van der Waals surface area contributed by atoms with Gasteiger partial charge in [0.1, 0.15) is 5.82 Å². The van der Waals surface area contributed by atoms with Crippen molar-refractivity contribution in [2.45, 2.75) is 25.3 Å². The average Bonchev–Trinajstić information content (AvgIpc) is 2.77. The summed E-state index contributed by atoms with van der Waals surface area (Å²) in [5.74, 6) is -2.50. The number of amides is 1. The lowest BCUT2D eigenvalue weighted by Gasteiger charge is -2.12. The van der Waals surface area contributed by atoms with Crippen molar-refractivity contribution < 1.29 is 19.1 Å². The molecule has 6 heteroatoms. The zero-order valence-corrected chi connectivity index (χ0v) is 10.8. The number of nitrogens with one attached hydrogen (secondary N) is 1. The Labute approximate surface area is 114 Å². The Morgan fingerprint density at radius 3 is 2.68 bits per heavy atom. The Morgan fingerprint density at radius 2 is 2.11 bits per heavy atom. The topological polar surface area (TPSA) is 66.4 Å². The van der Waals surface area contributed by atoms with Gasteiger partial charge in [0.25, 0.3) is 5.91 Å². The summed E-state index contributed by atoms with van der Waals surface area (Å²) in [7, 11) is 0. The lowest BCUT2D eigenvalue weighted by atomic mass is 10.1. The molecule has 0 heterocycles. The summed E-state index contributed by atoms with van der Waals surface area (Å²) in [6, 6.07) is 3.61. The molecule has 0 spiro atoms. The second-order valence-electron chi connectivity index (χ2n) is 4.64. The fraction of sp³-hybridized carbons (Fsp3) is 0.385. The molecule has 1 aliphatic carbocycles. The van der Waals surface area contributed by atoms with E-state index in [-0.39, 0.29) is 16.6 Å². The SMILES string of the molecule is O=C(NC1CCC(C(=O)O)C1)c1ccc(Cl)cc1F. The van der Waals surface area contributed by atoms with Crippen LogP contribution in [0.1, 0.15) is 29.6 Å². The molecule has 2 N–H and O–H groups in total. The summed E-state index contributed by atoms with van der Waals surface area (Å²) in [6.07, 6.45) is 1.51. The number of hydrogen-bond acceptors (Lipinski definition) is 2. The molecule has 4 nitrogen and oxygen atoms in total. The lowest BCUT2D eigenvalue weighted by Crippen LogP contribution is -2.33. The van der Waals surface area contributed by atoms with Gasteiger partial charge in [0.15, 0.2) is 0 Å². The summed E-state index contributed by atoms with van der Waals surface area (Å²) in [4.78, 5) is 22.7. The highest BCUT2D eigenvalue weighted by atomic mass is 35.5. The van der Waals surface area contributed by atoms with Crippen LogP contribution in [0.15, 0.2) is 18.2 Å². The van der Waals surface area contributed by atoms with Gasteiger partial charge in [-0.05, 0) is 37.5 Å². The quantitative estimate of drug-likeness (QED) is 0.896. The van der Waals surface area contributed by atoms with E-state index in [1.165, 1.54) is 12.1 Å². The van der Waals surface area contributed by atoms with Crippen LogP contribution in [0, 0.1) is 11.7 Å². The predicted octanol–water partition coefficient (Wildman–Crippen LogP) is 2.46.